The molecule has 1 amide bonds. The first kappa shape index (κ1) is 11.9. The number of nitrogens with one attached hydrogen (secondary N) is 1. The number of nitrogens with two attached hydrogens (primary N) is 1. The zero-order valence-electron chi connectivity index (χ0n) is 10.2. The maximum absolute atomic E-state index is 12.0. The van der Waals surface area contributed by atoms with Crippen molar-refractivity contribution in [1.82, 2.24) is 0 Å². The normalized spacial score (nSPS) is 18.5. The first-order valence-electron chi connectivity index (χ1n) is 5.82. The number of carbonyl (C=O) groups excluding carboxylic acids is 1. The molecular formula is C13H18N2O2. The summed E-state index contributed by atoms with van der Waals surface area (Å²) in [5.74, 6) is 0.128. The largest absolute Gasteiger partial charge is 0.505 e. The molecule has 1 aromatic carbocycles. The lowest BCUT2D eigenvalue weighted by molar-refractivity contribution is -0.121. The van der Waals surface area contributed by atoms with Crippen molar-refractivity contribution in [3.63, 3.8) is 0 Å². The first-order valence-corrected chi connectivity index (χ1v) is 5.82. The second kappa shape index (κ2) is 4.04. The molecule has 17 heavy (non-hydrogen) atoms. The number of carbonyl (C=O) groups is 1. The van der Waals surface area contributed by atoms with E-state index in [4.69, 9.17) is 5.73 Å². The van der Waals surface area contributed by atoms with Crippen LogP contribution in [0.1, 0.15) is 25.3 Å². The van der Waals surface area contributed by atoms with Crippen LogP contribution < -0.4 is 11.1 Å². The minimum absolute atomic E-state index is 0.104. The van der Waals surface area contributed by atoms with Crippen LogP contribution in [0, 0.1) is 12.8 Å². The maximum atomic E-state index is 12.0. The molecule has 92 valence electrons. The van der Waals surface area contributed by atoms with Gasteiger partial charge in [0.15, 0.2) is 0 Å². The minimum atomic E-state index is -0.851. The third kappa shape index (κ3) is 2.26. The van der Waals surface area contributed by atoms with E-state index in [2.05, 4.69) is 5.32 Å². The molecule has 1 aromatic rings. The van der Waals surface area contributed by atoms with Gasteiger partial charge in [0.1, 0.15) is 5.75 Å². The number of aromatic hydroxyl groups is 1. The summed E-state index contributed by atoms with van der Waals surface area (Å²) in [6.45, 7) is 3.53. The molecule has 0 bridgehead atoms. The first-order chi connectivity index (χ1) is 7.93. The number of hydrogen-bond donors (Lipinski definition) is 3. The van der Waals surface area contributed by atoms with E-state index in [1.54, 1.807) is 32.0 Å². The van der Waals surface area contributed by atoms with Gasteiger partial charge in [0, 0.05) is 0 Å². The molecule has 1 fully saturated rings. The summed E-state index contributed by atoms with van der Waals surface area (Å²) >= 11 is 0. The molecule has 0 spiro atoms. The Balaban J connectivity index is 2.15. The highest BCUT2D eigenvalue weighted by Crippen LogP contribution is 2.39. The number of rotatable bonds is 3. The van der Waals surface area contributed by atoms with Gasteiger partial charge in [-0.3, -0.25) is 4.79 Å². The molecule has 0 aromatic heterocycles. The van der Waals surface area contributed by atoms with E-state index < -0.39 is 5.54 Å². The van der Waals surface area contributed by atoms with Crippen LogP contribution in [0.4, 0.5) is 5.69 Å². The second-order valence-corrected chi connectivity index (χ2v) is 4.98. The van der Waals surface area contributed by atoms with Gasteiger partial charge < -0.3 is 16.2 Å². The Morgan fingerprint density at radius 3 is 2.76 bits per heavy atom. The second-order valence-electron chi connectivity index (χ2n) is 4.98. The van der Waals surface area contributed by atoms with Crippen LogP contribution >= 0.6 is 0 Å². The maximum Gasteiger partial charge on any atom is 0.244 e. The Kier molecular flexibility index (Phi) is 2.83. The molecular weight excluding hydrogens is 216 g/mol. The molecule has 1 aliphatic carbocycles. The van der Waals surface area contributed by atoms with Gasteiger partial charge in [0.2, 0.25) is 5.91 Å². The highest BCUT2D eigenvalue weighted by molar-refractivity contribution is 5.99. The van der Waals surface area contributed by atoms with Crippen molar-refractivity contribution in [3.8, 4) is 5.75 Å². The average molecular weight is 234 g/mol. The summed E-state index contributed by atoms with van der Waals surface area (Å²) in [6.07, 6.45) is 2.00. The van der Waals surface area contributed by atoms with Crippen molar-refractivity contribution in [2.75, 3.05) is 5.32 Å². The summed E-state index contributed by atoms with van der Waals surface area (Å²) in [5.41, 5.74) is 6.31. The molecule has 2 rings (SSSR count). The topological polar surface area (TPSA) is 75.4 Å². The summed E-state index contributed by atoms with van der Waals surface area (Å²) in [7, 11) is 0. The van der Waals surface area contributed by atoms with Crippen molar-refractivity contribution in [3.05, 3.63) is 23.8 Å². The van der Waals surface area contributed by atoms with Gasteiger partial charge in [-0.1, -0.05) is 12.1 Å². The molecule has 1 aliphatic rings. The van der Waals surface area contributed by atoms with Gasteiger partial charge in [-0.25, -0.2) is 0 Å². The van der Waals surface area contributed by atoms with Crippen molar-refractivity contribution in [2.24, 2.45) is 11.7 Å². The number of benzene rings is 1. The Labute approximate surface area is 101 Å². The van der Waals surface area contributed by atoms with Gasteiger partial charge in [-0.2, -0.15) is 0 Å². The van der Waals surface area contributed by atoms with Crippen LogP contribution in [0.3, 0.4) is 0 Å². The number of aryl methyl sites for hydroxylation is 1. The molecule has 1 saturated carbocycles. The third-order valence-electron chi connectivity index (χ3n) is 3.40. The summed E-state index contributed by atoms with van der Waals surface area (Å²) in [5, 5.41) is 12.5. The molecule has 1 atom stereocenters. The van der Waals surface area contributed by atoms with E-state index >= 15 is 0 Å². The summed E-state index contributed by atoms with van der Waals surface area (Å²) in [4.78, 5) is 12.0. The van der Waals surface area contributed by atoms with E-state index in [0.717, 1.165) is 18.4 Å². The molecule has 4 heteroatoms. The number of amides is 1. The van der Waals surface area contributed by atoms with Crippen molar-refractivity contribution in [1.29, 1.82) is 0 Å². The zero-order chi connectivity index (χ0) is 12.6. The summed E-state index contributed by atoms with van der Waals surface area (Å²) in [6, 6.07) is 5.24. The Bertz CT molecular complexity index is 451. The fraction of sp³-hybridized carbons (Fsp3) is 0.462. The predicted octanol–water partition coefficient (Wildman–Crippen LogP) is 1.77. The van der Waals surface area contributed by atoms with Crippen molar-refractivity contribution >= 4 is 11.6 Å². The molecule has 0 saturated heterocycles. The standard InChI is InChI=1S/C13H18N2O2/c1-8-4-3-5-10(11(8)16)15-12(17)13(2,14)9-6-7-9/h3-5,9,16H,6-7,14H2,1-2H3,(H,15,17). The SMILES string of the molecule is Cc1cccc(NC(=O)C(C)(N)C2CC2)c1O. The van der Waals surface area contributed by atoms with Crippen LogP contribution in [0.15, 0.2) is 18.2 Å². The van der Waals surface area contributed by atoms with Crippen LogP contribution in [0.2, 0.25) is 0 Å². The van der Waals surface area contributed by atoms with Crippen LogP contribution in [0.5, 0.6) is 5.75 Å². The lowest BCUT2D eigenvalue weighted by atomic mass is 9.96. The number of anilines is 1. The van der Waals surface area contributed by atoms with Crippen molar-refractivity contribution in [2.45, 2.75) is 32.2 Å². The molecule has 4 nitrogen and oxygen atoms in total. The molecule has 0 aliphatic heterocycles. The summed E-state index contributed by atoms with van der Waals surface area (Å²) < 4.78 is 0. The average Bonchev–Trinajstić information content (AvgIpc) is 3.08. The smallest absolute Gasteiger partial charge is 0.244 e. The van der Waals surface area contributed by atoms with Gasteiger partial charge in [0.25, 0.3) is 0 Å². The number of phenolic OH excluding ortho intramolecular Hbond substituents is 1. The third-order valence-corrected chi connectivity index (χ3v) is 3.40. The van der Waals surface area contributed by atoms with E-state index in [0.29, 0.717) is 5.69 Å². The fourth-order valence-electron chi connectivity index (χ4n) is 1.89. The number of hydrogen-bond acceptors (Lipinski definition) is 3. The van der Waals surface area contributed by atoms with Crippen LogP contribution in [0.25, 0.3) is 0 Å². The van der Waals surface area contributed by atoms with E-state index in [1.165, 1.54) is 0 Å². The predicted molar refractivity (Wildman–Crippen MR) is 66.8 cm³/mol. The van der Waals surface area contributed by atoms with Gasteiger partial charge in [0.05, 0.1) is 11.2 Å². The minimum Gasteiger partial charge on any atom is -0.505 e. The van der Waals surface area contributed by atoms with Crippen LogP contribution in [-0.4, -0.2) is 16.6 Å². The van der Waals surface area contributed by atoms with Crippen molar-refractivity contribution < 1.29 is 9.90 Å². The highest BCUT2D eigenvalue weighted by atomic mass is 16.3. The van der Waals surface area contributed by atoms with E-state index in [-0.39, 0.29) is 17.6 Å². The van der Waals surface area contributed by atoms with Crippen LogP contribution in [-0.2, 0) is 4.79 Å². The molecule has 4 N–H and O–H groups in total. The molecule has 0 heterocycles. The Hall–Kier alpha value is -1.55. The quantitative estimate of drug-likeness (QED) is 0.698. The lowest BCUT2D eigenvalue weighted by Crippen LogP contribution is -2.50. The Morgan fingerprint density at radius 1 is 1.53 bits per heavy atom. The van der Waals surface area contributed by atoms with Gasteiger partial charge in [-0.15, -0.1) is 0 Å². The molecule has 0 radical (unpaired) electrons. The fourth-order valence-corrected chi connectivity index (χ4v) is 1.89. The monoisotopic (exact) mass is 234 g/mol. The number of para-hydroxylation sites is 1. The number of phenols is 1. The molecule has 1 unspecified atom stereocenters. The highest BCUT2D eigenvalue weighted by Gasteiger charge is 2.44. The van der Waals surface area contributed by atoms with E-state index in [9.17, 15) is 9.90 Å². The zero-order valence-corrected chi connectivity index (χ0v) is 10.2. The lowest BCUT2D eigenvalue weighted by Gasteiger charge is -2.23. The van der Waals surface area contributed by atoms with Gasteiger partial charge in [-0.05, 0) is 44.2 Å². The van der Waals surface area contributed by atoms with E-state index in [1.807, 2.05) is 0 Å². The van der Waals surface area contributed by atoms with Gasteiger partial charge >= 0.3 is 0 Å². The Morgan fingerprint density at radius 2 is 2.18 bits per heavy atom.